The quantitative estimate of drug-likeness (QED) is 0.541. The van der Waals surface area contributed by atoms with Crippen LogP contribution in [0.1, 0.15) is 6.92 Å². The van der Waals surface area contributed by atoms with Crippen LogP contribution >= 0.6 is 0 Å². The third-order valence-corrected chi connectivity index (χ3v) is 3.41. The molecule has 2 rings (SSSR count). The fourth-order valence-electron chi connectivity index (χ4n) is 2.25. The summed E-state index contributed by atoms with van der Waals surface area (Å²) in [5, 5.41) is 20.0. The minimum atomic E-state index is -2.13. The molecule has 2 aromatic carbocycles. The summed E-state index contributed by atoms with van der Waals surface area (Å²) < 4.78 is 85.2. The molecule has 124 valence electrons. The summed E-state index contributed by atoms with van der Waals surface area (Å²) in [6.07, 6.45) is 0. The van der Waals surface area contributed by atoms with E-state index in [0.29, 0.717) is 0 Å². The maximum absolute atomic E-state index is 14.4. The molecule has 0 saturated carbocycles. The van der Waals surface area contributed by atoms with Crippen LogP contribution in [0.2, 0.25) is 0 Å². The number of fused-ring (bicyclic) bond motifs is 1. The smallest absolute Gasteiger partial charge is 0.171 e. The van der Waals surface area contributed by atoms with Crippen LogP contribution in [0.4, 0.5) is 26.3 Å². The van der Waals surface area contributed by atoms with Gasteiger partial charge in [-0.1, -0.05) is 0 Å². The normalized spacial score (nSPS) is 11.5. The number of rotatable bonds is 0. The Hall–Kier alpha value is -3.51. The first-order valence-electron chi connectivity index (χ1n) is 6.30. The van der Waals surface area contributed by atoms with Crippen LogP contribution in [0.3, 0.4) is 0 Å². The Balaban J connectivity index is 3.45. The molecule has 2 aromatic rings. The van der Waals surface area contributed by atoms with Crippen molar-refractivity contribution < 1.29 is 26.3 Å². The van der Waals surface area contributed by atoms with Gasteiger partial charge in [0.15, 0.2) is 23.3 Å². The Bertz CT molecular complexity index is 1180. The van der Waals surface area contributed by atoms with Gasteiger partial charge < -0.3 is 0 Å². The number of hydrogen-bond donors (Lipinski definition) is 0. The van der Waals surface area contributed by atoms with E-state index in [1.807, 2.05) is 0 Å². The molecular formula is C16H3F6N3. The number of hydrogen-bond acceptors (Lipinski definition) is 3. The average Bonchev–Trinajstić information content (AvgIpc) is 2.59. The van der Waals surface area contributed by atoms with Crippen molar-refractivity contribution in [2.45, 2.75) is 6.92 Å². The Morgan fingerprint density at radius 3 is 1.40 bits per heavy atom. The standard InChI is InChI=1S/C16H3F6N3/c1-5(2-23)7-11(17)9-10(15(21)13(7)19)12(18)8(6(3-24)4-25)14(20)16(9)22/h1H3. The lowest BCUT2D eigenvalue weighted by Crippen LogP contribution is -2.25. The Labute approximate surface area is 135 Å². The van der Waals surface area contributed by atoms with Gasteiger partial charge in [-0.2, -0.15) is 15.8 Å². The lowest BCUT2D eigenvalue weighted by atomic mass is 10.0. The number of halogens is 6. The number of nitrogens with zero attached hydrogens (tertiary/aromatic N) is 3. The van der Waals surface area contributed by atoms with Gasteiger partial charge in [0, 0.05) is 5.57 Å². The summed E-state index contributed by atoms with van der Waals surface area (Å²) in [6.45, 7) is 0.892. The molecule has 0 aromatic heterocycles. The minimum absolute atomic E-state index is 0.693. The summed E-state index contributed by atoms with van der Waals surface area (Å²) in [4.78, 5) is 0. The highest BCUT2D eigenvalue weighted by atomic mass is 19.2. The van der Waals surface area contributed by atoms with Crippen LogP contribution in [0, 0.1) is 68.9 Å². The van der Waals surface area contributed by atoms with Crippen LogP contribution in [0.5, 0.6) is 0 Å². The zero-order chi connectivity index (χ0) is 19.0. The predicted octanol–water partition coefficient (Wildman–Crippen LogP) is 2.57. The summed E-state index contributed by atoms with van der Waals surface area (Å²) >= 11 is 0. The molecule has 0 radical (unpaired) electrons. The first kappa shape index (κ1) is 17.8. The molecule has 25 heavy (non-hydrogen) atoms. The molecule has 9 heteroatoms. The van der Waals surface area contributed by atoms with Gasteiger partial charge in [-0.25, -0.2) is 26.3 Å². The van der Waals surface area contributed by atoms with Crippen molar-refractivity contribution in [3.63, 3.8) is 0 Å². The largest absolute Gasteiger partial charge is 0.205 e. The van der Waals surface area contributed by atoms with E-state index >= 15 is 0 Å². The molecule has 0 heterocycles. The van der Waals surface area contributed by atoms with Crippen LogP contribution < -0.4 is 10.4 Å². The SMILES string of the molecule is CC(C#N)=c1c(F)c(F)c2c(F)c(=C(C#N)C#N)c(F)c(F)c2c1F. The zero-order valence-corrected chi connectivity index (χ0v) is 12.1. The Morgan fingerprint density at radius 2 is 1.00 bits per heavy atom. The van der Waals surface area contributed by atoms with E-state index in [1.54, 1.807) is 0 Å². The van der Waals surface area contributed by atoms with Crippen molar-refractivity contribution in [3.8, 4) is 18.2 Å². The van der Waals surface area contributed by atoms with Crippen molar-refractivity contribution in [1.29, 1.82) is 15.8 Å². The molecule has 3 nitrogen and oxygen atoms in total. The van der Waals surface area contributed by atoms with E-state index in [-0.39, 0.29) is 0 Å². The first-order chi connectivity index (χ1) is 11.7. The van der Waals surface area contributed by atoms with Crippen molar-refractivity contribution >= 4 is 21.9 Å². The van der Waals surface area contributed by atoms with Gasteiger partial charge in [-0.3, -0.25) is 0 Å². The summed E-state index contributed by atoms with van der Waals surface area (Å²) in [6, 6.07) is 3.48. The van der Waals surface area contributed by atoms with Crippen LogP contribution in [-0.2, 0) is 0 Å². The number of nitriles is 3. The monoisotopic (exact) mass is 351 g/mol. The molecule has 0 aliphatic rings. The summed E-state index contributed by atoms with van der Waals surface area (Å²) in [5.74, 6) is -12.2. The second kappa shape index (κ2) is 6.18. The summed E-state index contributed by atoms with van der Waals surface area (Å²) in [5.41, 5.74) is -1.94. The van der Waals surface area contributed by atoms with Gasteiger partial charge in [0.2, 0.25) is 0 Å². The van der Waals surface area contributed by atoms with Gasteiger partial charge in [0.1, 0.15) is 29.3 Å². The third kappa shape index (κ3) is 2.36. The molecule has 0 aliphatic heterocycles. The zero-order valence-electron chi connectivity index (χ0n) is 12.1. The fourth-order valence-corrected chi connectivity index (χ4v) is 2.25. The van der Waals surface area contributed by atoms with Crippen molar-refractivity contribution in [2.24, 2.45) is 0 Å². The topological polar surface area (TPSA) is 71.4 Å². The van der Waals surface area contributed by atoms with E-state index in [9.17, 15) is 26.3 Å². The van der Waals surface area contributed by atoms with Gasteiger partial charge in [-0.15, -0.1) is 0 Å². The second-order valence-electron chi connectivity index (χ2n) is 4.72. The molecular weight excluding hydrogens is 348 g/mol. The van der Waals surface area contributed by atoms with E-state index in [1.165, 1.54) is 6.07 Å². The third-order valence-electron chi connectivity index (χ3n) is 3.41. The first-order valence-corrected chi connectivity index (χ1v) is 6.30. The number of benzene rings is 2. The minimum Gasteiger partial charge on any atom is -0.205 e. The van der Waals surface area contributed by atoms with Gasteiger partial charge in [0.05, 0.1) is 27.3 Å². The molecule has 0 bridgehead atoms. The predicted molar refractivity (Wildman–Crippen MR) is 72.3 cm³/mol. The van der Waals surface area contributed by atoms with Crippen LogP contribution in [-0.4, -0.2) is 0 Å². The van der Waals surface area contributed by atoms with Crippen molar-refractivity contribution in [1.82, 2.24) is 0 Å². The molecule has 0 saturated heterocycles. The Kier molecular flexibility index (Phi) is 4.41. The van der Waals surface area contributed by atoms with Gasteiger partial charge in [-0.05, 0) is 6.92 Å². The lowest BCUT2D eigenvalue weighted by molar-refractivity contribution is 0.471. The molecule has 0 N–H and O–H groups in total. The van der Waals surface area contributed by atoms with Crippen molar-refractivity contribution in [2.75, 3.05) is 0 Å². The molecule has 0 spiro atoms. The van der Waals surface area contributed by atoms with E-state index < -0.39 is 67.3 Å². The lowest BCUT2D eigenvalue weighted by Gasteiger charge is -2.09. The maximum atomic E-state index is 14.4. The van der Waals surface area contributed by atoms with Gasteiger partial charge in [0.25, 0.3) is 0 Å². The van der Waals surface area contributed by atoms with E-state index in [2.05, 4.69) is 0 Å². The van der Waals surface area contributed by atoms with E-state index in [0.717, 1.165) is 19.1 Å². The molecule has 0 unspecified atom stereocenters. The van der Waals surface area contributed by atoms with Crippen molar-refractivity contribution in [3.05, 3.63) is 45.3 Å². The summed E-state index contributed by atoms with van der Waals surface area (Å²) in [7, 11) is 0. The Morgan fingerprint density at radius 1 is 0.600 bits per heavy atom. The maximum Gasteiger partial charge on any atom is 0.171 e. The van der Waals surface area contributed by atoms with Crippen LogP contribution in [0.15, 0.2) is 0 Å². The average molecular weight is 351 g/mol. The molecule has 0 fully saturated rings. The molecule has 0 aliphatic carbocycles. The molecule has 0 amide bonds. The fraction of sp³-hybridized carbons (Fsp3) is 0.0625. The second-order valence-corrected chi connectivity index (χ2v) is 4.72. The highest BCUT2D eigenvalue weighted by Gasteiger charge is 2.28. The molecule has 0 atom stereocenters. The highest BCUT2D eigenvalue weighted by Crippen LogP contribution is 2.26. The van der Waals surface area contributed by atoms with E-state index in [4.69, 9.17) is 15.8 Å². The highest BCUT2D eigenvalue weighted by molar-refractivity contribution is 5.88. The van der Waals surface area contributed by atoms with Crippen LogP contribution in [0.25, 0.3) is 21.9 Å². The van der Waals surface area contributed by atoms with Gasteiger partial charge >= 0.3 is 0 Å².